The summed E-state index contributed by atoms with van der Waals surface area (Å²) in [6.45, 7) is 4.78. The quantitative estimate of drug-likeness (QED) is 0.661. The normalized spacial score (nSPS) is 11.6. The SMILES string of the molecule is CCN(CC)S(=O)(=O)c1ccc(OC)c(NCc2ccc(F)cc2Br)c1. The predicted molar refractivity (Wildman–Crippen MR) is 105 cm³/mol. The van der Waals surface area contributed by atoms with Crippen LogP contribution in [0.1, 0.15) is 19.4 Å². The molecule has 2 rings (SSSR count). The molecule has 0 amide bonds. The number of ether oxygens (including phenoxy) is 1. The summed E-state index contributed by atoms with van der Waals surface area (Å²) in [6.07, 6.45) is 0. The van der Waals surface area contributed by atoms with Crippen molar-refractivity contribution >= 4 is 31.6 Å². The number of rotatable bonds is 8. The van der Waals surface area contributed by atoms with Crippen LogP contribution in [-0.4, -0.2) is 32.9 Å². The topological polar surface area (TPSA) is 58.6 Å². The summed E-state index contributed by atoms with van der Waals surface area (Å²) in [6, 6.07) is 9.14. The monoisotopic (exact) mass is 444 g/mol. The number of nitrogens with one attached hydrogen (secondary N) is 1. The van der Waals surface area contributed by atoms with Crippen molar-refractivity contribution in [3.8, 4) is 5.75 Å². The Hall–Kier alpha value is -1.64. The van der Waals surface area contributed by atoms with Gasteiger partial charge in [0, 0.05) is 24.1 Å². The Bertz CT molecular complexity index is 871. The van der Waals surface area contributed by atoms with Gasteiger partial charge in [-0.3, -0.25) is 0 Å². The van der Waals surface area contributed by atoms with Crippen molar-refractivity contribution in [3.05, 3.63) is 52.3 Å². The first-order valence-electron chi connectivity index (χ1n) is 8.19. The first-order valence-corrected chi connectivity index (χ1v) is 10.4. The van der Waals surface area contributed by atoms with Crippen LogP contribution in [0.5, 0.6) is 5.75 Å². The van der Waals surface area contributed by atoms with Crippen LogP contribution in [0.15, 0.2) is 45.8 Å². The summed E-state index contributed by atoms with van der Waals surface area (Å²) >= 11 is 3.33. The van der Waals surface area contributed by atoms with Crippen LogP contribution in [-0.2, 0) is 16.6 Å². The molecule has 5 nitrogen and oxygen atoms in total. The van der Waals surface area contributed by atoms with Crippen molar-refractivity contribution in [2.75, 3.05) is 25.5 Å². The van der Waals surface area contributed by atoms with Crippen LogP contribution < -0.4 is 10.1 Å². The van der Waals surface area contributed by atoms with Crippen LogP contribution >= 0.6 is 15.9 Å². The molecule has 2 aromatic carbocycles. The van der Waals surface area contributed by atoms with E-state index in [0.29, 0.717) is 35.5 Å². The Morgan fingerprint density at radius 1 is 1.15 bits per heavy atom. The highest BCUT2D eigenvalue weighted by molar-refractivity contribution is 9.10. The van der Waals surface area contributed by atoms with E-state index in [4.69, 9.17) is 4.74 Å². The van der Waals surface area contributed by atoms with E-state index in [9.17, 15) is 12.8 Å². The van der Waals surface area contributed by atoms with Gasteiger partial charge in [-0.2, -0.15) is 4.31 Å². The van der Waals surface area contributed by atoms with Crippen molar-refractivity contribution in [2.24, 2.45) is 0 Å². The molecular weight excluding hydrogens is 423 g/mol. The Labute approximate surface area is 162 Å². The fourth-order valence-electron chi connectivity index (χ4n) is 2.55. The molecule has 0 aliphatic heterocycles. The maximum atomic E-state index is 13.2. The van der Waals surface area contributed by atoms with E-state index in [1.807, 2.05) is 0 Å². The summed E-state index contributed by atoms with van der Waals surface area (Å²) < 4.78 is 46.0. The molecule has 142 valence electrons. The maximum absolute atomic E-state index is 13.2. The maximum Gasteiger partial charge on any atom is 0.243 e. The molecule has 26 heavy (non-hydrogen) atoms. The Balaban J connectivity index is 2.32. The van der Waals surface area contributed by atoms with Crippen LogP contribution in [0.3, 0.4) is 0 Å². The lowest BCUT2D eigenvalue weighted by Crippen LogP contribution is -2.30. The van der Waals surface area contributed by atoms with Gasteiger partial charge in [-0.05, 0) is 35.9 Å². The second kappa shape index (κ2) is 8.83. The van der Waals surface area contributed by atoms with E-state index in [0.717, 1.165) is 5.56 Å². The molecule has 8 heteroatoms. The zero-order chi connectivity index (χ0) is 19.3. The summed E-state index contributed by atoms with van der Waals surface area (Å²) in [5.41, 5.74) is 1.39. The van der Waals surface area contributed by atoms with Gasteiger partial charge < -0.3 is 10.1 Å². The van der Waals surface area contributed by atoms with Gasteiger partial charge in [0.15, 0.2) is 0 Å². The van der Waals surface area contributed by atoms with Crippen LogP contribution in [0, 0.1) is 5.82 Å². The third kappa shape index (κ3) is 4.55. The lowest BCUT2D eigenvalue weighted by molar-refractivity contribution is 0.415. The molecule has 0 radical (unpaired) electrons. The average Bonchev–Trinajstić information content (AvgIpc) is 2.61. The highest BCUT2D eigenvalue weighted by Gasteiger charge is 2.22. The minimum atomic E-state index is -3.57. The molecule has 0 aliphatic carbocycles. The first-order chi connectivity index (χ1) is 12.3. The highest BCUT2D eigenvalue weighted by atomic mass is 79.9. The number of methoxy groups -OCH3 is 1. The molecule has 0 fully saturated rings. The number of benzene rings is 2. The minimum absolute atomic E-state index is 0.197. The number of hydrogen-bond acceptors (Lipinski definition) is 4. The van der Waals surface area contributed by atoms with Gasteiger partial charge in [0.2, 0.25) is 10.0 Å². The molecule has 0 saturated carbocycles. The van der Waals surface area contributed by atoms with Crippen LogP contribution in [0.4, 0.5) is 10.1 Å². The smallest absolute Gasteiger partial charge is 0.243 e. The molecule has 0 aliphatic rings. The average molecular weight is 445 g/mol. The van der Waals surface area contributed by atoms with E-state index >= 15 is 0 Å². The molecule has 0 saturated heterocycles. The van der Waals surface area contributed by atoms with E-state index in [-0.39, 0.29) is 10.7 Å². The standard InChI is InChI=1S/C18H22BrFN2O3S/c1-4-22(5-2)26(23,24)15-8-9-18(25-3)17(11-15)21-12-13-6-7-14(20)10-16(13)19/h6-11,21H,4-5,12H2,1-3H3. The Kier molecular flexibility index (Phi) is 7.02. The summed E-state index contributed by atoms with van der Waals surface area (Å²) in [4.78, 5) is 0.197. The fraction of sp³-hybridized carbons (Fsp3) is 0.333. The van der Waals surface area contributed by atoms with Crippen molar-refractivity contribution < 1.29 is 17.5 Å². The molecular formula is C18H22BrFN2O3S. The lowest BCUT2D eigenvalue weighted by Gasteiger charge is -2.20. The van der Waals surface area contributed by atoms with Crippen molar-refractivity contribution in [2.45, 2.75) is 25.3 Å². The highest BCUT2D eigenvalue weighted by Crippen LogP contribution is 2.30. The number of halogens is 2. The third-order valence-electron chi connectivity index (χ3n) is 4.00. The van der Waals surface area contributed by atoms with E-state index in [2.05, 4.69) is 21.2 Å². The molecule has 0 spiro atoms. The molecule has 0 unspecified atom stereocenters. The summed E-state index contributed by atoms with van der Waals surface area (Å²) in [7, 11) is -2.05. The van der Waals surface area contributed by atoms with E-state index < -0.39 is 10.0 Å². The third-order valence-corrected chi connectivity index (χ3v) is 6.78. The van der Waals surface area contributed by atoms with Crippen molar-refractivity contribution in [3.63, 3.8) is 0 Å². The minimum Gasteiger partial charge on any atom is -0.495 e. The molecule has 0 heterocycles. The lowest BCUT2D eigenvalue weighted by atomic mass is 10.2. The largest absolute Gasteiger partial charge is 0.495 e. The first kappa shape index (κ1) is 20.7. The van der Waals surface area contributed by atoms with Crippen molar-refractivity contribution in [1.82, 2.24) is 4.31 Å². The summed E-state index contributed by atoms with van der Waals surface area (Å²) in [5, 5.41) is 3.17. The van der Waals surface area contributed by atoms with E-state index in [1.165, 1.54) is 29.6 Å². The zero-order valence-corrected chi connectivity index (χ0v) is 17.3. The Morgan fingerprint density at radius 2 is 1.85 bits per heavy atom. The van der Waals surface area contributed by atoms with Crippen LogP contribution in [0.2, 0.25) is 0 Å². The van der Waals surface area contributed by atoms with E-state index in [1.54, 1.807) is 32.0 Å². The molecule has 0 bridgehead atoms. The zero-order valence-electron chi connectivity index (χ0n) is 14.9. The number of sulfonamides is 1. The number of nitrogens with zero attached hydrogens (tertiary/aromatic N) is 1. The second-order valence-corrected chi connectivity index (χ2v) is 8.33. The number of hydrogen-bond donors (Lipinski definition) is 1. The Morgan fingerprint density at radius 3 is 2.42 bits per heavy atom. The predicted octanol–water partition coefficient (Wildman–Crippen LogP) is 4.24. The van der Waals surface area contributed by atoms with Crippen molar-refractivity contribution in [1.29, 1.82) is 0 Å². The van der Waals surface area contributed by atoms with Gasteiger partial charge in [0.1, 0.15) is 11.6 Å². The fourth-order valence-corrected chi connectivity index (χ4v) is 4.53. The van der Waals surface area contributed by atoms with Gasteiger partial charge in [0.25, 0.3) is 0 Å². The van der Waals surface area contributed by atoms with Crippen LogP contribution in [0.25, 0.3) is 0 Å². The molecule has 0 aromatic heterocycles. The molecule has 2 aromatic rings. The second-order valence-electron chi connectivity index (χ2n) is 5.54. The number of anilines is 1. The summed E-state index contributed by atoms with van der Waals surface area (Å²) in [5.74, 6) is 0.201. The van der Waals surface area contributed by atoms with Gasteiger partial charge in [-0.15, -0.1) is 0 Å². The van der Waals surface area contributed by atoms with Gasteiger partial charge in [0.05, 0.1) is 17.7 Å². The molecule has 1 N–H and O–H groups in total. The molecule has 0 atom stereocenters. The van der Waals surface area contributed by atoms with Gasteiger partial charge in [-0.25, -0.2) is 12.8 Å². The van der Waals surface area contributed by atoms with Gasteiger partial charge in [-0.1, -0.05) is 35.8 Å². The van der Waals surface area contributed by atoms with Gasteiger partial charge >= 0.3 is 0 Å².